The van der Waals surface area contributed by atoms with Crippen molar-refractivity contribution in [3.05, 3.63) is 54.1 Å². The summed E-state index contributed by atoms with van der Waals surface area (Å²) in [5.74, 6) is 1.25. The van der Waals surface area contributed by atoms with E-state index in [1.807, 2.05) is 48.2 Å². The molecule has 1 aromatic rings. The third-order valence-corrected chi connectivity index (χ3v) is 5.77. The molecule has 2 saturated heterocycles. The largest absolute Gasteiger partial charge is 0.497 e. The fourth-order valence-electron chi connectivity index (χ4n) is 4.33. The molecule has 2 unspecified atom stereocenters. The molecule has 0 bridgehead atoms. The molecular formula is C20H23N3O3. The Morgan fingerprint density at radius 3 is 2.50 bits per heavy atom. The minimum absolute atomic E-state index is 0.0186. The van der Waals surface area contributed by atoms with Crippen molar-refractivity contribution >= 4 is 11.7 Å². The number of hydrogen-bond donors (Lipinski definition) is 1. The van der Waals surface area contributed by atoms with Gasteiger partial charge in [0.15, 0.2) is 18.0 Å². The Labute approximate surface area is 153 Å². The summed E-state index contributed by atoms with van der Waals surface area (Å²) in [5, 5.41) is 8.41. The molecular weight excluding hydrogens is 330 g/mol. The van der Waals surface area contributed by atoms with E-state index in [1.54, 1.807) is 19.3 Å². The van der Waals surface area contributed by atoms with Crippen LogP contribution in [0.5, 0.6) is 5.75 Å². The van der Waals surface area contributed by atoms with Crippen molar-refractivity contribution in [2.45, 2.75) is 30.2 Å². The second kappa shape index (κ2) is 5.71. The van der Waals surface area contributed by atoms with Gasteiger partial charge in [-0.25, -0.2) is 0 Å². The number of benzene rings is 1. The number of rotatable bonds is 3. The maximum absolute atomic E-state index is 11.6. The average Bonchev–Trinajstić information content (AvgIpc) is 3.05. The fraction of sp³-hybridized carbons (Fsp3) is 0.400. The lowest BCUT2D eigenvalue weighted by Gasteiger charge is -2.35. The molecule has 2 atom stereocenters. The molecule has 6 heteroatoms. The van der Waals surface area contributed by atoms with Crippen molar-refractivity contribution in [2.24, 2.45) is 0 Å². The number of nitrogens with zero attached hydrogens (tertiary/aromatic N) is 2. The van der Waals surface area contributed by atoms with E-state index < -0.39 is 5.60 Å². The van der Waals surface area contributed by atoms with Crippen molar-refractivity contribution in [1.82, 2.24) is 9.80 Å². The molecule has 6 nitrogen and oxygen atoms in total. The topological polar surface area (TPSA) is 65.9 Å². The average molecular weight is 353 g/mol. The van der Waals surface area contributed by atoms with Gasteiger partial charge in [0.25, 0.3) is 0 Å². The molecule has 3 aliphatic rings. The number of carbonyl (C=O) groups excluding carboxylic acids is 1. The minimum atomic E-state index is -0.603. The van der Waals surface area contributed by atoms with Gasteiger partial charge in [-0.3, -0.25) is 10.2 Å². The summed E-state index contributed by atoms with van der Waals surface area (Å²) in [6, 6.07) is 8.02. The number of ketones is 1. The van der Waals surface area contributed by atoms with Crippen LogP contribution in [0.25, 0.3) is 0 Å². The van der Waals surface area contributed by atoms with E-state index in [2.05, 4.69) is 12.1 Å². The number of likely N-dealkylation sites (N-methyl/N-ethyl adjacent to an activating group) is 2. The highest BCUT2D eigenvalue weighted by molar-refractivity contribution is 6.00. The zero-order valence-electron chi connectivity index (χ0n) is 15.2. The third kappa shape index (κ3) is 2.36. The highest BCUT2D eigenvalue weighted by atomic mass is 16.5. The number of carbonyl (C=O) groups is 1. The van der Waals surface area contributed by atoms with Crippen molar-refractivity contribution in [1.29, 1.82) is 5.41 Å². The first-order valence-electron chi connectivity index (χ1n) is 8.68. The molecule has 2 aliphatic heterocycles. The van der Waals surface area contributed by atoms with Gasteiger partial charge in [-0.1, -0.05) is 12.1 Å². The lowest BCUT2D eigenvalue weighted by molar-refractivity contribution is -0.111. The van der Waals surface area contributed by atoms with E-state index in [0.717, 1.165) is 17.7 Å². The first-order valence-corrected chi connectivity index (χ1v) is 8.68. The highest BCUT2D eigenvalue weighted by Gasteiger charge is 2.63. The predicted octanol–water partition coefficient (Wildman–Crippen LogP) is 1.97. The molecule has 0 aromatic heterocycles. The SMILES string of the molecule is COc1ccc(CC23CC4(C=CC(=O)C=C4)OC2N(C)C(=N)N3C)cc1. The van der Waals surface area contributed by atoms with Crippen LogP contribution in [-0.2, 0) is 16.0 Å². The maximum atomic E-state index is 11.6. The fourth-order valence-corrected chi connectivity index (χ4v) is 4.33. The van der Waals surface area contributed by atoms with Gasteiger partial charge in [0.1, 0.15) is 11.4 Å². The summed E-state index contributed by atoms with van der Waals surface area (Å²) in [6.45, 7) is 0. The van der Waals surface area contributed by atoms with Crippen LogP contribution in [0.4, 0.5) is 0 Å². The number of methoxy groups -OCH3 is 1. The first-order chi connectivity index (χ1) is 12.4. The monoisotopic (exact) mass is 353 g/mol. The molecule has 2 heterocycles. The molecule has 0 radical (unpaired) electrons. The lowest BCUT2D eigenvalue weighted by Crippen LogP contribution is -2.49. The standard InChI is InChI=1S/C20H23N3O3/c1-22-17-20(23(2)18(22)21,12-14-4-6-16(25-3)7-5-14)13-19(26-17)10-8-15(24)9-11-19/h4-11,17,21H,12-13H2,1-3H3. The van der Waals surface area contributed by atoms with Gasteiger partial charge in [0.2, 0.25) is 0 Å². The van der Waals surface area contributed by atoms with Crippen molar-refractivity contribution < 1.29 is 14.3 Å². The summed E-state index contributed by atoms with van der Waals surface area (Å²) in [7, 11) is 5.49. The lowest BCUT2D eigenvalue weighted by atomic mass is 9.80. The van der Waals surface area contributed by atoms with Crippen molar-refractivity contribution in [3.8, 4) is 5.75 Å². The minimum Gasteiger partial charge on any atom is -0.497 e. The Bertz CT molecular complexity index is 798. The van der Waals surface area contributed by atoms with Crippen LogP contribution in [0.2, 0.25) is 0 Å². The van der Waals surface area contributed by atoms with Crippen molar-refractivity contribution in [2.75, 3.05) is 21.2 Å². The second-order valence-corrected chi connectivity index (χ2v) is 7.29. The molecule has 0 saturated carbocycles. The molecule has 1 aromatic carbocycles. The highest BCUT2D eigenvalue weighted by Crippen LogP contribution is 2.50. The van der Waals surface area contributed by atoms with Crippen LogP contribution >= 0.6 is 0 Å². The number of hydrogen-bond acceptors (Lipinski definition) is 4. The number of allylic oxidation sites excluding steroid dienone is 2. The van der Waals surface area contributed by atoms with E-state index >= 15 is 0 Å². The van der Waals surface area contributed by atoms with E-state index in [0.29, 0.717) is 12.4 Å². The molecule has 136 valence electrons. The molecule has 1 spiro atoms. The number of ether oxygens (including phenoxy) is 2. The maximum Gasteiger partial charge on any atom is 0.195 e. The molecule has 0 amide bonds. The van der Waals surface area contributed by atoms with Crippen LogP contribution in [-0.4, -0.2) is 60.1 Å². The van der Waals surface area contributed by atoms with E-state index in [9.17, 15) is 4.79 Å². The summed E-state index contributed by atoms with van der Waals surface area (Å²) < 4.78 is 11.7. The Morgan fingerprint density at radius 2 is 1.88 bits per heavy atom. The van der Waals surface area contributed by atoms with Gasteiger partial charge in [-0.2, -0.15) is 0 Å². The van der Waals surface area contributed by atoms with Gasteiger partial charge in [-0.05, 0) is 42.0 Å². The number of fused-ring (bicyclic) bond motifs is 1. The smallest absolute Gasteiger partial charge is 0.195 e. The van der Waals surface area contributed by atoms with Gasteiger partial charge in [0, 0.05) is 26.9 Å². The Hall–Kier alpha value is -2.60. The van der Waals surface area contributed by atoms with Crippen LogP contribution in [0, 0.1) is 5.41 Å². The van der Waals surface area contributed by atoms with Crippen LogP contribution in [0.3, 0.4) is 0 Å². The Morgan fingerprint density at radius 1 is 1.23 bits per heavy atom. The summed E-state index contributed by atoms with van der Waals surface area (Å²) in [6.07, 6.45) is 8.02. The van der Waals surface area contributed by atoms with Crippen LogP contribution in [0.15, 0.2) is 48.6 Å². The summed E-state index contributed by atoms with van der Waals surface area (Å²) >= 11 is 0. The third-order valence-electron chi connectivity index (χ3n) is 5.77. The van der Waals surface area contributed by atoms with Gasteiger partial charge in [-0.15, -0.1) is 0 Å². The molecule has 1 aliphatic carbocycles. The number of guanidine groups is 1. The van der Waals surface area contributed by atoms with E-state index in [1.165, 1.54) is 0 Å². The summed E-state index contributed by atoms with van der Waals surface area (Å²) in [5.41, 5.74) is 0.176. The van der Waals surface area contributed by atoms with Gasteiger partial charge < -0.3 is 19.3 Å². The molecule has 4 rings (SSSR count). The Balaban J connectivity index is 1.71. The molecule has 1 N–H and O–H groups in total. The Kier molecular flexibility index (Phi) is 3.70. The van der Waals surface area contributed by atoms with Crippen LogP contribution in [0.1, 0.15) is 12.0 Å². The normalized spacial score (nSPS) is 29.0. The molecule has 26 heavy (non-hydrogen) atoms. The second-order valence-electron chi connectivity index (χ2n) is 7.29. The van der Waals surface area contributed by atoms with E-state index in [-0.39, 0.29) is 17.6 Å². The summed E-state index contributed by atoms with van der Waals surface area (Å²) in [4.78, 5) is 15.4. The zero-order valence-corrected chi connectivity index (χ0v) is 15.2. The van der Waals surface area contributed by atoms with Gasteiger partial charge >= 0.3 is 0 Å². The quantitative estimate of drug-likeness (QED) is 0.900. The van der Waals surface area contributed by atoms with E-state index in [4.69, 9.17) is 14.9 Å². The van der Waals surface area contributed by atoms with Crippen LogP contribution < -0.4 is 4.74 Å². The van der Waals surface area contributed by atoms with Gasteiger partial charge in [0.05, 0.1) is 12.6 Å². The predicted molar refractivity (Wildman–Crippen MR) is 98.2 cm³/mol. The molecule has 2 fully saturated rings. The zero-order chi connectivity index (χ0) is 18.5. The number of nitrogens with one attached hydrogen (secondary N) is 1. The van der Waals surface area contributed by atoms with Crippen molar-refractivity contribution in [3.63, 3.8) is 0 Å². The first kappa shape index (κ1) is 16.8.